The van der Waals surface area contributed by atoms with E-state index in [2.05, 4.69) is 53.7 Å². The van der Waals surface area contributed by atoms with Crippen molar-refractivity contribution in [2.75, 3.05) is 10.6 Å². The number of nitrogens with zero attached hydrogens (tertiary/aromatic N) is 2. The molecule has 0 fully saturated rings. The normalized spacial score (nSPS) is 11.2. The Balaban J connectivity index is 1.47. The van der Waals surface area contributed by atoms with E-state index in [1.54, 1.807) is 24.3 Å². The van der Waals surface area contributed by atoms with Crippen molar-refractivity contribution in [3.8, 4) is 11.4 Å². The molecule has 2 aromatic carbocycles. The van der Waals surface area contributed by atoms with Gasteiger partial charge in [-0.25, -0.2) is 0 Å². The summed E-state index contributed by atoms with van der Waals surface area (Å²) in [7, 11) is 0. The van der Waals surface area contributed by atoms with Crippen LogP contribution in [0.5, 0.6) is 0 Å². The van der Waals surface area contributed by atoms with Crippen LogP contribution in [0, 0.1) is 0 Å². The average Bonchev–Trinajstić information content (AvgIpc) is 3.17. The van der Waals surface area contributed by atoms with Crippen LogP contribution in [0.4, 0.5) is 11.4 Å². The van der Waals surface area contributed by atoms with Crippen LogP contribution >= 0.6 is 0 Å². The van der Waals surface area contributed by atoms with E-state index in [0.717, 1.165) is 5.56 Å². The third-order valence-electron chi connectivity index (χ3n) is 4.76. The zero-order valence-corrected chi connectivity index (χ0v) is 18.4. The standard InChI is InChI=1S/C24H28N4O3/c1-16(29)25-19-12-14-20(15-13-19)26-21(30)6-5-7-22-27-23(28-31-22)17-8-10-18(11-9-17)24(2,3)4/h8-15H,5-7H2,1-4H3,(H,25,29)(H,26,30). The summed E-state index contributed by atoms with van der Waals surface area (Å²) in [4.78, 5) is 27.6. The van der Waals surface area contributed by atoms with E-state index in [-0.39, 0.29) is 17.2 Å². The van der Waals surface area contributed by atoms with E-state index in [0.29, 0.717) is 42.4 Å². The van der Waals surface area contributed by atoms with Crippen molar-refractivity contribution in [1.29, 1.82) is 0 Å². The quantitative estimate of drug-likeness (QED) is 0.563. The zero-order chi connectivity index (χ0) is 22.4. The van der Waals surface area contributed by atoms with E-state index in [1.165, 1.54) is 12.5 Å². The number of hydrogen-bond donors (Lipinski definition) is 2. The highest BCUT2D eigenvalue weighted by Gasteiger charge is 2.15. The highest BCUT2D eigenvalue weighted by atomic mass is 16.5. The first-order valence-electron chi connectivity index (χ1n) is 10.3. The van der Waals surface area contributed by atoms with Gasteiger partial charge >= 0.3 is 0 Å². The van der Waals surface area contributed by atoms with Crippen LogP contribution in [-0.2, 0) is 21.4 Å². The Kier molecular flexibility index (Phi) is 6.84. The van der Waals surface area contributed by atoms with Gasteiger partial charge in [-0.15, -0.1) is 0 Å². The first kappa shape index (κ1) is 22.2. The van der Waals surface area contributed by atoms with Gasteiger partial charge in [0.05, 0.1) is 0 Å². The number of benzene rings is 2. The van der Waals surface area contributed by atoms with Crippen LogP contribution in [0.15, 0.2) is 53.1 Å². The van der Waals surface area contributed by atoms with E-state index in [1.807, 2.05) is 12.1 Å². The van der Waals surface area contributed by atoms with Crippen LogP contribution in [0.1, 0.15) is 52.0 Å². The monoisotopic (exact) mass is 420 g/mol. The number of carbonyl (C=O) groups excluding carboxylic acids is 2. The minimum atomic E-state index is -0.136. The molecular weight excluding hydrogens is 392 g/mol. The lowest BCUT2D eigenvalue weighted by Crippen LogP contribution is -2.12. The third kappa shape index (κ3) is 6.50. The molecule has 7 heteroatoms. The van der Waals surface area contributed by atoms with Gasteiger partial charge in [0.1, 0.15) is 0 Å². The van der Waals surface area contributed by atoms with Gasteiger partial charge in [0.2, 0.25) is 23.5 Å². The van der Waals surface area contributed by atoms with Gasteiger partial charge in [0, 0.05) is 36.7 Å². The fourth-order valence-electron chi connectivity index (χ4n) is 3.06. The summed E-state index contributed by atoms with van der Waals surface area (Å²) < 4.78 is 5.33. The zero-order valence-electron chi connectivity index (χ0n) is 18.4. The maximum Gasteiger partial charge on any atom is 0.226 e. The second kappa shape index (κ2) is 9.55. The van der Waals surface area contributed by atoms with Crippen molar-refractivity contribution < 1.29 is 14.1 Å². The van der Waals surface area contributed by atoms with E-state index in [9.17, 15) is 9.59 Å². The molecular formula is C24H28N4O3. The molecule has 3 aromatic rings. The molecule has 2 amide bonds. The van der Waals surface area contributed by atoms with Crippen molar-refractivity contribution in [3.05, 3.63) is 60.0 Å². The maximum absolute atomic E-state index is 12.2. The molecule has 0 bridgehead atoms. The van der Waals surface area contributed by atoms with Crippen LogP contribution in [0.2, 0.25) is 0 Å². The Hall–Kier alpha value is -3.48. The molecule has 0 aliphatic rings. The molecule has 0 saturated heterocycles. The molecule has 3 rings (SSSR count). The molecule has 0 spiro atoms. The molecule has 0 atom stereocenters. The van der Waals surface area contributed by atoms with Crippen LogP contribution in [-0.4, -0.2) is 22.0 Å². The van der Waals surface area contributed by atoms with Crippen molar-refractivity contribution >= 4 is 23.2 Å². The minimum Gasteiger partial charge on any atom is -0.339 e. The predicted octanol–water partition coefficient (Wildman–Crippen LogP) is 4.95. The fraction of sp³-hybridized carbons (Fsp3) is 0.333. The molecule has 0 radical (unpaired) electrons. The molecule has 0 aliphatic carbocycles. The number of rotatable bonds is 7. The second-order valence-electron chi connectivity index (χ2n) is 8.50. The van der Waals surface area contributed by atoms with Gasteiger partial charge in [0.25, 0.3) is 0 Å². The molecule has 31 heavy (non-hydrogen) atoms. The summed E-state index contributed by atoms with van der Waals surface area (Å²) in [5, 5.41) is 9.58. The lowest BCUT2D eigenvalue weighted by atomic mass is 9.87. The topological polar surface area (TPSA) is 97.1 Å². The maximum atomic E-state index is 12.2. The van der Waals surface area contributed by atoms with Crippen molar-refractivity contribution in [3.63, 3.8) is 0 Å². The molecule has 1 aromatic heterocycles. The molecule has 2 N–H and O–H groups in total. The van der Waals surface area contributed by atoms with Gasteiger partial charge in [0.15, 0.2) is 0 Å². The molecule has 0 aliphatic heterocycles. The summed E-state index contributed by atoms with van der Waals surface area (Å²) in [5.41, 5.74) is 3.61. The summed E-state index contributed by atoms with van der Waals surface area (Å²) in [6, 6.07) is 15.1. The van der Waals surface area contributed by atoms with Gasteiger partial charge in [-0.3, -0.25) is 9.59 Å². The lowest BCUT2D eigenvalue weighted by Gasteiger charge is -2.18. The minimum absolute atomic E-state index is 0.0923. The fourth-order valence-corrected chi connectivity index (χ4v) is 3.06. The van der Waals surface area contributed by atoms with E-state index < -0.39 is 0 Å². The van der Waals surface area contributed by atoms with Crippen LogP contribution < -0.4 is 10.6 Å². The molecule has 7 nitrogen and oxygen atoms in total. The number of carbonyl (C=O) groups is 2. The Morgan fingerprint density at radius 2 is 1.55 bits per heavy atom. The number of nitrogens with one attached hydrogen (secondary N) is 2. The number of anilines is 2. The summed E-state index contributed by atoms with van der Waals surface area (Å²) in [6.07, 6.45) is 1.47. The van der Waals surface area contributed by atoms with Gasteiger partial charge in [-0.2, -0.15) is 4.98 Å². The molecule has 0 unspecified atom stereocenters. The first-order chi connectivity index (χ1) is 14.7. The van der Waals surface area contributed by atoms with Gasteiger partial charge < -0.3 is 15.2 Å². The SMILES string of the molecule is CC(=O)Nc1ccc(NC(=O)CCCc2nc(-c3ccc(C(C)(C)C)cc3)no2)cc1. The lowest BCUT2D eigenvalue weighted by molar-refractivity contribution is -0.116. The van der Waals surface area contributed by atoms with Crippen molar-refractivity contribution in [1.82, 2.24) is 10.1 Å². The average molecular weight is 421 g/mol. The largest absolute Gasteiger partial charge is 0.339 e. The van der Waals surface area contributed by atoms with Crippen molar-refractivity contribution in [2.24, 2.45) is 0 Å². The number of aryl methyl sites for hydroxylation is 1. The highest BCUT2D eigenvalue weighted by Crippen LogP contribution is 2.25. The Labute approximate surface area is 182 Å². The smallest absolute Gasteiger partial charge is 0.226 e. The summed E-state index contributed by atoms with van der Waals surface area (Å²) >= 11 is 0. The van der Waals surface area contributed by atoms with Crippen LogP contribution in [0.25, 0.3) is 11.4 Å². The van der Waals surface area contributed by atoms with E-state index in [4.69, 9.17) is 4.52 Å². The highest BCUT2D eigenvalue weighted by molar-refractivity contribution is 5.92. The van der Waals surface area contributed by atoms with Crippen molar-refractivity contribution in [2.45, 2.75) is 52.4 Å². The number of aromatic nitrogens is 2. The molecule has 0 saturated carbocycles. The Morgan fingerprint density at radius 1 is 0.935 bits per heavy atom. The Morgan fingerprint density at radius 3 is 2.13 bits per heavy atom. The summed E-state index contributed by atoms with van der Waals surface area (Å²) in [6.45, 7) is 7.97. The first-order valence-corrected chi connectivity index (χ1v) is 10.3. The summed E-state index contributed by atoms with van der Waals surface area (Å²) in [5.74, 6) is 0.842. The Bertz CT molecular complexity index is 1030. The van der Waals surface area contributed by atoms with E-state index >= 15 is 0 Å². The third-order valence-corrected chi connectivity index (χ3v) is 4.76. The number of amides is 2. The predicted molar refractivity (Wildman–Crippen MR) is 121 cm³/mol. The van der Waals surface area contributed by atoms with Crippen LogP contribution in [0.3, 0.4) is 0 Å². The van der Waals surface area contributed by atoms with Gasteiger partial charge in [-0.05, 0) is 41.7 Å². The molecule has 1 heterocycles. The molecule has 162 valence electrons. The second-order valence-corrected chi connectivity index (χ2v) is 8.50. The number of hydrogen-bond acceptors (Lipinski definition) is 5. The van der Waals surface area contributed by atoms with Gasteiger partial charge in [-0.1, -0.05) is 50.2 Å².